The Hall–Kier alpha value is -0.530. The van der Waals surface area contributed by atoms with Crippen LogP contribution in [0.1, 0.15) is 20.8 Å². The summed E-state index contributed by atoms with van der Waals surface area (Å²) in [5.74, 6) is 0.458. The average molecular weight is 127 g/mol. The van der Waals surface area contributed by atoms with Crippen LogP contribution in [0.4, 0.5) is 0 Å². The molecule has 0 bridgehead atoms. The predicted octanol–water partition coefficient (Wildman–Crippen LogP) is 0.778. The fourth-order valence-electron chi connectivity index (χ4n) is 0.987. The zero-order valence-corrected chi connectivity index (χ0v) is 6.19. The van der Waals surface area contributed by atoms with E-state index in [1.807, 2.05) is 0 Å². The number of carbonyl (C=O) groups is 1. The Labute approximate surface area is 55.6 Å². The molecule has 0 aromatic rings. The molecular formula is C7H13NO. The van der Waals surface area contributed by atoms with Crippen LogP contribution in [0.15, 0.2) is 0 Å². The van der Waals surface area contributed by atoms with Gasteiger partial charge in [0.25, 0.3) is 0 Å². The lowest BCUT2D eigenvalue weighted by molar-refractivity contribution is -0.135. The van der Waals surface area contributed by atoms with E-state index in [9.17, 15) is 4.79 Å². The Morgan fingerprint density at radius 3 is 2.11 bits per heavy atom. The average Bonchev–Trinajstić information content (AvgIpc) is 1.57. The van der Waals surface area contributed by atoms with Gasteiger partial charge in [0.1, 0.15) is 0 Å². The SMILES string of the molecule is CC(C)(C)C1CNC1=O. The maximum absolute atomic E-state index is 10.8. The van der Waals surface area contributed by atoms with E-state index in [1.165, 1.54) is 0 Å². The Bertz CT molecular complexity index is 134. The maximum atomic E-state index is 10.8. The van der Waals surface area contributed by atoms with Crippen molar-refractivity contribution in [1.82, 2.24) is 5.32 Å². The second-order valence-corrected chi connectivity index (χ2v) is 3.66. The van der Waals surface area contributed by atoms with Gasteiger partial charge in [-0.25, -0.2) is 0 Å². The molecule has 1 N–H and O–H groups in total. The summed E-state index contributed by atoms with van der Waals surface area (Å²) in [6.07, 6.45) is 0. The van der Waals surface area contributed by atoms with E-state index in [1.54, 1.807) is 0 Å². The lowest BCUT2D eigenvalue weighted by Gasteiger charge is -2.36. The van der Waals surface area contributed by atoms with Gasteiger partial charge < -0.3 is 5.32 Å². The van der Waals surface area contributed by atoms with Gasteiger partial charge in [0.05, 0.1) is 5.92 Å². The molecule has 0 aromatic heterocycles. The number of carbonyl (C=O) groups excluding carboxylic acids is 1. The van der Waals surface area contributed by atoms with E-state index < -0.39 is 0 Å². The first-order valence-corrected chi connectivity index (χ1v) is 3.29. The minimum atomic E-state index is 0.155. The van der Waals surface area contributed by atoms with Crippen molar-refractivity contribution < 1.29 is 4.79 Å². The number of hydrogen-bond donors (Lipinski definition) is 1. The summed E-state index contributed by atoms with van der Waals surface area (Å²) in [6.45, 7) is 7.14. The molecule has 1 rings (SSSR count). The van der Waals surface area contributed by atoms with Gasteiger partial charge in [-0.15, -0.1) is 0 Å². The Morgan fingerprint density at radius 2 is 2.11 bits per heavy atom. The topological polar surface area (TPSA) is 29.1 Å². The number of nitrogens with one attached hydrogen (secondary N) is 1. The molecule has 0 aromatic carbocycles. The van der Waals surface area contributed by atoms with Crippen LogP contribution in [0.5, 0.6) is 0 Å². The minimum Gasteiger partial charge on any atom is -0.355 e. The van der Waals surface area contributed by atoms with Crippen molar-refractivity contribution in [1.29, 1.82) is 0 Å². The van der Waals surface area contributed by atoms with Crippen molar-refractivity contribution in [3.05, 3.63) is 0 Å². The number of rotatable bonds is 0. The van der Waals surface area contributed by atoms with E-state index >= 15 is 0 Å². The van der Waals surface area contributed by atoms with Crippen LogP contribution < -0.4 is 5.32 Å². The second-order valence-electron chi connectivity index (χ2n) is 3.66. The molecule has 1 amide bonds. The maximum Gasteiger partial charge on any atom is 0.225 e. The van der Waals surface area contributed by atoms with Crippen molar-refractivity contribution in [2.24, 2.45) is 11.3 Å². The Kier molecular flexibility index (Phi) is 1.26. The fraction of sp³-hybridized carbons (Fsp3) is 0.857. The van der Waals surface area contributed by atoms with Crippen molar-refractivity contribution in [3.63, 3.8) is 0 Å². The van der Waals surface area contributed by atoms with Gasteiger partial charge in [-0.3, -0.25) is 4.79 Å². The second kappa shape index (κ2) is 1.72. The molecule has 1 aliphatic heterocycles. The summed E-state index contributed by atoms with van der Waals surface area (Å²) < 4.78 is 0. The molecule has 1 atom stereocenters. The van der Waals surface area contributed by atoms with Crippen molar-refractivity contribution in [3.8, 4) is 0 Å². The molecule has 52 valence electrons. The van der Waals surface area contributed by atoms with E-state index in [0.29, 0.717) is 0 Å². The molecular weight excluding hydrogens is 114 g/mol. The lowest BCUT2D eigenvalue weighted by atomic mass is 9.76. The van der Waals surface area contributed by atoms with E-state index in [0.717, 1.165) is 6.54 Å². The highest BCUT2D eigenvalue weighted by Gasteiger charge is 2.37. The third-order valence-electron chi connectivity index (χ3n) is 1.84. The van der Waals surface area contributed by atoms with Gasteiger partial charge in [-0.1, -0.05) is 20.8 Å². The first-order valence-electron chi connectivity index (χ1n) is 3.29. The molecule has 0 saturated carbocycles. The molecule has 2 heteroatoms. The molecule has 1 heterocycles. The summed E-state index contributed by atoms with van der Waals surface area (Å²) in [4.78, 5) is 10.8. The van der Waals surface area contributed by atoms with E-state index in [2.05, 4.69) is 26.1 Å². The van der Waals surface area contributed by atoms with Gasteiger partial charge in [-0.2, -0.15) is 0 Å². The highest BCUT2D eigenvalue weighted by molar-refractivity contribution is 5.85. The molecule has 2 nitrogen and oxygen atoms in total. The van der Waals surface area contributed by atoms with Gasteiger partial charge in [0, 0.05) is 6.54 Å². The first kappa shape index (κ1) is 6.59. The lowest BCUT2D eigenvalue weighted by Crippen LogP contribution is -2.54. The van der Waals surface area contributed by atoms with Crippen LogP contribution in [0.2, 0.25) is 0 Å². The van der Waals surface area contributed by atoms with Crippen LogP contribution >= 0.6 is 0 Å². The van der Waals surface area contributed by atoms with Crippen LogP contribution in [0.3, 0.4) is 0 Å². The Balaban J connectivity index is 2.54. The molecule has 1 aliphatic rings. The Morgan fingerprint density at radius 1 is 1.56 bits per heavy atom. The smallest absolute Gasteiger partial charge is 0.225 e. The van der Waals surface area contributed by atoms with Gasteiger partial charge in [-0.05, 0) is 5.41 Å². The summed E-state index contributed by atoms with van der Waals surface area (Å²) in [7, 11) is 0. The third kappa shape index (κ3) is 1.07. The molecule has 0 radical (unpaired) electrons. The van der Waals surface area contributed by atoms with Gasteiger partial charge >= 0.3 is 0 Å². The number of β-lactam (4-membered cyclic amide) rings is 1. The number of amides is 1. The summed E-state index contributed by atoms with van der Waals surface area (Å²) in [5, 5.41) is 2.73. The highest BCUT2D eigenvalue weighted by atomic mass is 16.2. The van der Waals surface area contributed by atoms with Crippen molar-refractivity contribution in [2.75, 3.05) is 6.54 Å². The summed E-state index contributed by atoms with van der Waals surface area (Å²) >= 11 is 0. The van der Waals surface area contributed by atoms with Gasteiger partial charge in [0.2, 0.25) is 5.91 Å². The zero-order chi connectivity index (χ0) is 7.07. The minimum absolute atomic E-state index is 0.155. The zero-order valence-electron chi connectivity index (χ0n) is 6.19. The normalized spacial score (nSPS) is 27.0. The number of hydrogen-bond acceptors (Lipinski definition) is 1. The standard InChI is InChI=1S/C7H13NO/c1-7(2,3)5-4-8-6(5)9/h5H,4H2,1-3H3,(H,8,9). The van der Waals surface area contributed by atoms with E-state index in [4.69, 9.17) is 0 Å². The highest BCUT2D eigenvalue weighted by Crippen LogP contribution is 2.29. The predicted molar refractivity (Wildman–Crippen MR) is 36.0 cm³/mol. The molecule has 9 heavy (non-hydrogen) atoms. The first-order chi connectivity index (χ1) is 4.02. The van der Waals surface area contributed by atoms with Crippen LogP contribution in [-0.4, -0.2) is 12.5 Å². The third-order valence-corrected chi connectivity index (χ3v) is 1.84. The molecule has 1 fully saturated rings. The van der Waals surface area contributed by atoms with Crippen molar-refractivity contribution >= 4 is 5.91 Å². The largest absolute Gasteiger partial charge is 0.355 e. The summed E-state index contributed by atoms with van der Waals surface area (Å²) in [6, 6.07) is 0. The van der Waals surface area contributed by atoms with Crippen molar-refractivity contribution in [2.45, 2.75) is 20.8 Å². The molecule has 1 unspecified atom stereocenters. The van der Waals surface area contributed by atoms with Gasteiger partial charge in [0.15, 0.2) is 0 Å². The summed E-state index contributed by atoms with van der Waals surface area (Å²) in [5.41, 5.74) is 0.155. The molecule has 1 saturated heterocycles. The van der Waals surface area contributed by atoms with Crippen LogP contribution in [-0.2, 0) is 4.79 Å². The quantitative estimate of drug-likeness (QED) is 0.479. The molecule has 0 aliphatic carbocycles. The van der Waals surface area contributed by atoms with Crippen LogP contribution in [0, 0.1) is 11.3 Å². The monoisotopic (exact) mass is 127 g/mol. The van der Waals surface area contributed by atoms with E-state index in [-0.39, 0.29) is 17.2 Å². The van der Waals surface area contributed by atoms with Crippen LogP contribution in [0.25, 0.3) is 0 Å². The fourth-order valence-corrected chi connectivity index (χ4v) is 0.987. The molecule has 0 spiro atoms.